The topological polar surface area (TPSA) is 137 Å². The molecule has 0 radical (unpaired) electrons. The first-order valence-electron chi connectivity index (χ1n) is 13.0. The van der Waals surface area contributed by atoms with Gasteiger partial charge in [0.25, 0.3) is 0 Å². The number of rotatable bonds is 8. The summed E-state index contributed by atoms with van der Waals surface area (Å²) in [4.78, 5) is 35.5. The molecule has 1 aromatic rings. The van der Waals surface area contributed by atoms with Crippen molar-refractivity contribution in [2.24, 2.45) is 23.0 Å². The molecule has 0 aliphatic heterocycles. The van der Waals surface area contributed by atoms with Crippen LogP contribution >= 0.6 is 0 Å². The molecule has 37 heavy (non-hydrogen) atoms. The summed E-state index contributed by atoms with van der Waals surface area (Å²) in [6, 6.07) is 9.16. The highest BCUT2D eigenvalue weighted by Gasteiger charge is 2.61. The van der Waals surface area contributed by atoms with Crippen LogP contribution in [0.2, 0.25) is 0 Å². The van der Waals surface area contributed by atoms with Crippen LogP contribution in [0.3, 0.4) is 0 Å². The molecule has 9 nitrogen and oxygen atoms in total. The number of carboxylic acid groups (broad SMARTS) is 1. The third kappa shape index (κ3) is 7.92. The molecular formula is C28H42N2O7. The average molecular weight is 519 g/mol. The number of benzene rings is 1. The number of aliphatic carboxylic acids is 1. The fourth-order valence-corrected chi connectivity index (χ4v) is 6.46. The SMILES string of the molecule is COCCOC(=O)OC(C)(C)C.N[C@@H](Cc1ccccc1)C(=O)NC12CC3CC(C1)CC(C(=O)O)(C3)C2. The van der Waals surface area contributed by atoms with Gasteiger partial charge in [-0.25, -0.2) is 4.79 Å². The second-order valence-electron chi connectivity index (χ2n) is 11.9. The quantitative estimate of drug-likeness (QED) is 0.350. The van der Waals surface area contributed by atoms with Crippen molar-refractivity contribution in [3.63, 3.8) is 0 Å². The molecule has 206 valence electrons. The lowest BCUT2D eigenvalue weighted by molar-refractivity contribution is -0.169. The highest BCUT2D eigenvalue weighted by Crippen LogP contribution is 2.61. The van der Waals surface area contributed by atoms with Crippen LogP contribution in [-0.4, -0.2) is 60.6 Å². The Morgan fingerprint density at radius 1 is 1.08 bits per heavy atom. The molecule has 4 saturated carbocycles. The third-order valence-corrected chi connectivity index (χ3v) is 7.44. The van der Waals surface area contributed by atoms with Crippen molar-refractivity contribution < 1.29 is 33.7 Å². The average Bonchev–Trinajstić information content (AvgIpc) is 2.78. The Morgan fingerprint density at radius 3 is 2.24 bits per heavy atom. The monoisotopic (exact) mass is 518 g/mol. The van der Waals surface area contributed by atoms with Gasteiger partial charge in [0.05, 0.1) is 18.1 Å². The Kier molecular flexibility index (Phi) is 9.23. The number of nitrogens with one attached hydrogen (secondary N) is 1. The van der Waals surface area contributed by atoms with Gasteiger partial charge in [-0.2, -0.15) is 0 Å². The lowest BCUT2D eigenvalue weighted by atomic mass is 9.47. The number of carbonyl (C=O) groups excluding carboxylic acids is 2. The number of ether oxygens (including phenoxy) is 3. The van der Waals surface area contributed by atoms with Crippen molar-refractivity contribution in [2.45, 2.75) is 82.9 Å². The molecule has 5 rings (SSSR count). The van der Waals surface area contributed by atoms with Gasteiger partial charge in [-0.15, -0.1) is 0 Å². The van der Waals surface area contributed by atoms with Crippen LogP contribution < -0.4 is 11.1 Å². The van der Waals surface area contributed by atoms with E-state index in [1.807, 2.05) is 30.3 Å². The Bertz CT molecular complexity index is 930. The van der Waals surface area contributed by atoms with E-state index in [4.69, 9.17) is 10.5 Å². The predicted molar refractivity (Wildman–Crippen MR) is 138 cm³/mol. The van der Waals surface area contributed by atoms with Gasteiger partial charge in [-0.05, 0) is 83.1 Å². The van der Waals surface area contributed by atoms with Crippen molar-refractivity contribution in [2.75, 3.05) is 20.3 Å². The summed E-state index contributed by atoms with van der Waals surface area (Å²) in [7, 11) is 1.54. The van der Waals surface area contributed by atoms with Crippen molar-refractivity contribution in [1.82, 2.24) is 5.32 Å². The summed E-state index contributed by atoms with van der Waals surface area (Å²) in [6.45, 7) is 5.96. The highest BCUT2D eigenvalue weighted by molar-refractivity contribution is 5.83. The fraction of sp³-hybridized carbons (Fsp3) is 0.679. The van der Waals surface area contributed by atoms with Gasteiger partial charge < -0.3 is 30.4 Å². The molecular weight excluding hydrogens is 476 g/mol. The molecule has 4 bridgehead atoms. The molecule has 2 unspecified atom stereocenters. The molecule has 3 atom stereocenters. The number of methoxy groups -OCH3 is 1. The molecule has 1 amide bonds. The molecule has 1 aromatic carbocycles. The zero-order valence-corrected chi connectivity index (χ0v) is 22.5. The maximum Gasteiger partial charge on any atom is 0.508 e. The summed E-state index contributed by atoms with van der Waals surface area (Å²) >= 11 is 0. The Hall–Kier alpha value is -2.65. The van der Waals surface area contributed by atoms with E-state index in [9.17, 15) is 19.5 Å². The second kappa shape index (κ2) is 11.8. The summed E-state index contributed by atoms with van der Waals surface area (Å²) in [5.74, 6) is 0.00569. The van der Waals surface area contributed by atoms with E-state index in [1.54, 1.807) is 27.9 Å². The molecule has 4 aliphatic carbocycles. The van der Waals surface area contributed by atoms with Gasteiger partial charge in [0.2, 0.25) is 5.91 Å². The second-order valence-corrected chi connectivity index (χ2v) is 11.9. The van der Waals surface area contributed by atoms with Crippen LogP contribution in [0.1, 0.15) is 64.9 Å². The molecule has 9 heteroatoms. The number of amides is 1. The van der Waals surface area contributed by atoms with E-state index in [0.717, 1.165) is 37.7 Å². The maximum absolute atomic E-state index is 12.7. The summed E-state index contributed by atoms with van der Waals surface area (Å²) < 4.78 is 14.2. The van der Waals surface area contributed by atoms with E-state index < -0.39 is 29.2 Å². The smallest absolute Gasteiger partial charge is 0.481 e. The molecule has 0 spiro atoms. The molecule has 0 aromatic heterocycles. The van der Waals surface area contributed by atoms with Crippen LogP contribution in [0.5, 0.6) is 0 Å². The predicted octanol–water partition coefficient (Wildman–Crippen LogP) is 3.68. The number of nitrogens with two attached hydrogens (primary N) is 1. The van der Waals surface area contributed by atoms with Crippen molar-refractivity contribution in [3.05, 3.63) is 35.9 Å². The molecule has 4 N–H and O–H groups in total. The lowest BCUT2D eigenvalue weighted by Gasteiger charge is -2.60. The van der Waals surface area contributed by atoms with Crippen LogP contribution in [-0.2, 0) is 30.2 Å². The minimum atomic E-state index is -0.686. The highest BCUT2D eigenvalue weighted by atomic mass is 16.7. The third-order valence-electron chi connectivity index (χ3n) is 7.44. The lowest BCUT2D eigenvalue weighted by Crippen LogP contribution is -2.66. The van der Waals surface area contributed by atoms with Gasteiger partial charge >= 0.3 is 12.1 Å². The summed E-state index contributed by atoms with van der Waals surface area (Å²) in [5.41, 5.74) is 5.68. The van der Waals surface area contributed by atoms with Crippen molar-refractivity contribution in [3.8, 4) is 0 Å². The summed E-state index contributed by atoms with van der Waals surface area (Å²) in [6.07, 6.45) is 4.87. The van der Waals surface area contributed by atoms with E-state index in [1.165, 1.54) is 0 Å². The van der Waals surface area contributed by atoms with Gasteiger partial charge in [-0.1, -0.05) is 30.3 Å². The van der Waals surface area contributed by atoms with Crippen LogP contribution in [0.4, 0.5) is 4.79 Å². The van der Waals surface area contributed by atoms with Crippen molar-refractivity contribution >= 4 is 18.0 Å². The molecule has 4 aliphatic rings. The first-order valence-corrected chi connectivity index (χ1v) is 13.0. The first-order chi connectivity index (χ1) is 17.4. The zero-order chi connectivity index (χ0) is 27.3. The largest absolute Gasteiger partial charge is 0.508 e. The van der Waals surface area contributed by atoms with Gasteiger partial charge in [0, 0.05) is 12.6 Å². The Balaban J connectivity index is 0.000000270. The first kappa shape index (κ1) is 28.9. The van der Waals surface area contributed by atoms with Crippen molar-refractivity contribution in [1.29, 1.82) is 0 Å². The minimum Gasteiger partial charge on any atom is -0.481 e. The van der Waals surface area contributed by atoms with E-state index in [2.05, 4.69) is 14.8 Å². The summed E-state index contributed by atoms with van der Waals surface area (Å²) in [5, 5.41) is 13.0. The molecule has 4 fully saturated rings. The standard InChI is InChI=1S/C20H26N2O3.C8H16O4/c21-16(7-13-4-2-1-3-5-13)17(23)22-20-10-14-6-15(11-20)9-19(8-14,12-20)18(24)25;1-8(2,3)12-7(9)11-6-5-10-4/h1-5,14-16H,6-12,21H2,(H,22,23)(H,24,25);5-6H2,1-4H3/t14?,15?,16-,19?,20?;/m0./s1. The normalized spacial score (nSPS) is 28.5. The van der Waals surface area contributed by atoms with Crippen LogP contribution in [0.15, 0.2) is 30.3 Å². The van der Waals surface area contributed by atoms with Crippen LogP contribution in [0, 0.1) is 17.3 Å². The molecule has 0 saturated heterocycles. The zero-order valence-electron chi connectivity index (χ0n) is 22.5. The van der Waals surface area contributed by atoms with Gasteiger partial charge in [0.15, 0.2) is 0 Å². The number of hydrogen-bond donors (Lipinski definition) is 3. The van der Waals surface area contributed by atoms with Gasteiger partial charge in [-0.3, -0.25) is 9.59 Å². The van der Waals surface area contributed by atoms with E-state index in [-0.39, 0.29) is 18.1 Å². The maximum atomic E-state index is 12.7. The number of carbonyl (C=O) groups is 3. The van der Waals surface area contributed by atoms with E-state index >= 15 is 0 Å². The number of carboxylic acids is 1. The Labute approximate surface area is 219 Å². The molecule has 0 heterocycles. The van der Waals surface area contributed by atoms with Gasteiger partial charge in [0.1, 0.15) is 12.2 Å². The minimum absolute atomic E-state index is 0.147. The number of hydrogen-bond acceptors (Lipinski definition) is 7. The Morgan fingerprint density at radius 2 is 1.70 bits per heavy atom. The van der Waals surface area contributed by atoms with Crippen LogP contribution in [0.25, 0.3) is 0 Å². The fourth-order valence-electron chi connectivity index (χ4n) is 6.46. The van der Waals surface area contributed by atoms with E-state index in [0.29, 0.717) is 31.3 Å².